The second-order valence-electron chi connectivity index (χ2n) is 21.8. The second-order valence-corrected chi connectivity index (χ2v) is 21.8. The highest BCUT2D eigenvalue weighted by molar-refractivity contribution is 5.47. The molecule has 8 atom stereocenters. The van der Waals surface area contributed by atoms with Crippen molar-refractivity contribution in [2.45, 2.75) is 102 Å². The molecule has 0 unspecified atom stereocenters. The molecule has 9 aromatic carbocycles. The minimum absolute atomic E-state index is 0.0405. The highest BCUT2D eigenvalue weighted by Crippen LogP contribution is 2.41. The molecule has 0 amide bonds. The van der Waals surface area contributed by atoms with Crippen LogP contribution in [0.4, 0.5) is 0 Å². The van der Waals surface area contributed by atoms with Crippen molar-refractivity contribution in [2.24, 2.45) is 11.8 Å². The minimum atomic E-state index is -1.07. The van der Waals surface area contributed by atoms with Crippen LogP contribution in [0.25, 0.3) is 0 Å². The molecule has 0 saturated carbocycles. The van der Waals surface area contributed by atoms with Crippen molar-refractivity contribution < 1.29 is 43.0 Å². The molecular formula is C76H82O9. The van der Waals surface area contributed by atoms with Crippen LogP contribution in [-0.2, 0) is 83.1 Å². The zero-order chi connectivity index (χ0) is 58.6. The minimum Gasteiger partial charge on any atom is -0.396 e. The molecule has 0 aliphatic rings. The van der Waals surface area contributed by atoms with Gasteiger partial charge in [0.25, 0.3) is 0 Å². The molecule has 0 aromatic heterocycles. The number of rotatable bonds is 36. The summed E-state index contributed by atoms with van der Waals surface area (Å²) in [6.07, 6.45) is -3.25. The van der Waals surface area contributed by atoms with Gasteiger partial charge in [0.2, 0.25) is 0 Å². The van der Waals surface area contributed by atoms with E-state index in [2.05, 4.69) is 153 Å². The van der Waals surface area contributed by atoms with Crippen molar-refractivity contribution in [3.05, 3.63) is 323 Å². The van der Waals surface area contributed by atoms with E-state index in [1.807, 2.05) is 134 Å². The van der Waals surface area contributed by atoms with Crippen LogP contribution >= 0.6 is 0 Å². The lowest BCUT2D eigenvalue weighted by molar-refractivity contribution is -0.207. The van der Waals surface area contributed by atoms with Gasteiger partial charge < -0.3 is 43.0 Å². The van der Waals surface area contributed by atoms with Crippen LogP contribution in [0.3, 0.4) is 0 Å². The average molecular weight is 1140 g/mol. The Bertz CT molecular complexity index is 3070. The summed E-state index contributed by atoms with van der Waals surface area (Å²) in [4.78, 5) is 0. The Balaban J connectivity index is 1.10. The van der Waals surface area contributed by atoms with Crippen molar-refractivity contribution in [1.29, 1.82) is 0 Å². The summed E-state index contributed by atoms with van der Waals surface area (Å²) in [5, 5.41) is 10.6. The van der Waals surface area contributed by atoms with E-state index in [0.717, 1.165) is 50.1 Å². The van der Waals surface area contributed by atoms with Crippen LogP contribution < -0.4 is 0 Å². The summed E-state index contributed by atoms with van der Waals surface area (Å²) in [5.74, 6) is -0.346. The third-order valence-corrected chi connectivity index (χ3v) is 15.6. The molecule has 0 radical (unpaired) electrons. The van der Waals surface area contributed by atoms with E-state index in [-0.39, 0.29) is 64.2 Å². The van der Waals surface area contributed by atoms with Gasteiger partial charge in [0.15, 0.2) is 0 Å². The molecule has 0 saturated heterocycles. The van der Waals surface area contributed by atoms with E-state index in [1.54, 1.807) is 0 Å². The van der Waals surface area contributed by atoms with Crippen LogP contribution in [0.15, 0.2) is 273 Å². The molecule has 9 nitrogen and oxygen atoms in total. The maximum absolute atomic E-state index is 10.6. The van der Waals surface area contributed by atoms with Gasteiger partial charge in [-0.1, -0.05) is 287 Å². The van der Waals surface area contributed by atoms with E-state index in [4.69, 9.17) is 37.9 Å². The fourth-order valence-corrected chi connectivity index (χ4v) is 10.9. The largest absolute Gasteiger partial charge is 0.396 e. The zero-order valence-corrected chi connectivity index (χ0v) is 49.1. The maximum Gasteiger partial charge on any atom is 0.143 e. The van der Waals surface area contributed by atoms with Gasteiger partial charge in [0.05, 0.1) is 71.2 Å². The van der Waals surface area contributed by atoms with Crippen molar-refractivity contribution in [2.75, 3.05) is 26.4 Å². The number of hydrogen-bond acceptors (Lipinski definition) is 9. The van der Waals surface area contributed by atoms with Crippen LogP contribution in [0.1, 0.15) is 70.3 Å². The molecule has 0 bridgehead atoms. The first-order chi connectivity index (χ1) is 42.0. The summed E-state index contributed by atoms with van der Waals surface area (Å²) in [7, 11) is 0. The molecule has 9 heteroatoms. The maximum atomic E-state index is 10.6. The van der Waals surface area contributed by atoms with Crippen molar-refractivity contribution in [1.82, 2.24) is 0 Å². The van der Waals surface area contributed by atoms with Gasteiger partial charge in [0, 0.05) is 25.0 Å². The first kappa shape index (κ1) is 62.2. The van der Waals surface area contributed by atoms with Crippen LogP contribution in [0.2, 0.25) is 0 Å². The van der Waals surface area contributed by atoms with Gasteiger partial charge in [-0.2, -0.15) is 0 Å². The van der Waals surface area contributed by atoms with Crippen LogP contribution in [-0.4, -0.2) is 68.2 Å². The number of hydrogen-bond donors (Lipinski definition) is 1. The summed E-state index contributed by atoms with van der Waals surface area (Å²) in [5.41, 5.74) is 7.93. The van der Waals surface area contributed by atoms with Gasteiger partial charge in [0.1, 0.15) is 23.9 Å². The molecule has 9 aromatic rings. The summed E-state index contributed by atoms with van der Waals surface area (Å²) >= 11 is 0. The Morgan fingerprint density at radius 2 is 0.600 bits per heavy atom. The predicted molar refractivity (Wildman–Crippen MR) is 336 cm³/mol. The number of aliphatic hydroxyl groups excluding tert-OH is 1. The Kier molecular flexibility index (Phi) is 24.8. The highest BCUT2D eigenvalue weighted by atomic mass is 16.6. The molecule has 85 heavy (non-hydrogen) atoms. The van der Waals surface area contributed by atoms with Gasteiger partial charge in [-0.25, -0.2) is 0 Å². The number of benzene rings is 9. The van der Waals surface area contributed by atoms with Gasteiger partial charge in [-0.3, -0.25) is 0 Å². The molecule has 440 valence electrons. The van der Waals surface area contributed by atoms with E-state index >= 15 is 0 Å². The SMILES string of the molecule is C[C@@H]([C@H](OCc1ccccc1)[C@H](C)CO)[C@@H](COCC[C@H](OCc1ccccc1)[C@H](OCc1ccccc1)[C@@H](OCc1ccccc1)[C@H](COC(c1ccccc1)(c1ccccc1)c1ccccc1)OCc1ccccc1)OCc1ccccc1. The Morgan fingerprint density at radius 1 is 0.318 bits per heavy atom. The lowest BCUT2D eigenvalue weighted by atomic mass is 9.80. The molecule has 0 aliphatic carbocycles. The van der Waals surface area contributed by atoms with Crippen molar-refractivity contribution in [3.8, 4) is 0 Å². The van der Waals surface area contributed by atoms with Crippen molar-refractivity contribution in [3.63, 3.8) is 0 Å². The normalized spacial score (nSPS) is 14.6. The summed E-state index contributed by atoms with van der Waals surface area (Å²) in [6.45, 7) is 6.59. The third-order valence-electron chi connectivity index (χ3n) is 15.6. The monoisotopic (exact) mass is 1140 g/mol. The van der Waals surface area contributed by atoms with E-state index in [0.29, 0.717) is 26.2 Å². The molecule has 9 rings (SSSR count). The second kappa shape index (κ2) is 33.9. The van der Waals surface area contributed by atoms with Gasteiger partial charge >= 0.3 is 0 Å². The van der Waals surface area contributed by atoms with Gasteiger partial charge in [-0.05, 0) is 56.5 Å². The topological polar surface area (TPSA) is 94.1 Å². The Labute approximate surface area is 504 Å². The fraction of sp³-hybridized carbons (Fsp3) is 0.289. The molecule has 0 aliphatic heterocycles. The van der Waals surface area contributed by atoms with Gasteiger partial charge in [-0.15, -0.1) is 0 Å². The quantitative estimate of drug-likeness (QED) is 0.0304. The predicted octanol–water partition coefficient (Wildman–Crippen LogP) is 15.2. The molecule has 0 fully saturated rings. The van der Waals surface area contributed by atoms with E-state index in [9.17, 15) is 5.11 Å². The van der Waals surface area contributed by atoms with Crippen LogP contribution in [0, 0.1) is 11.8 Å². The smallest absolute Gasteiger partial charge is 0.143 e. The molecular weight excluding hydrogens is 1060 g/mol. The summed E-state index contributed by atoms with van der Waals surface area (Å²) < 4.78 is 57.4. The van der Waals surface area contributed by atoms with E-state index < -0.39 is 36.1 Å². The first-order valence-electron chi connectivity index (χ1n) is 29.9. The number of ether oxygens (including phenoxy) is 8. The zero-order valence-electron chi connectivity index (χ0n) is 49.1. The van der Waals surface area contributed by atoms with E-state index in [1.165, 1.54) is 0 Å². The fourth-order valence-electron chi connectivity index (χ4n) is 10.9. The molecule has 0 heterocycles. The average Bonchev–Trinajstić information content (AvgIpc) is 2.12. The highest BCUT2D eigenvalue weighted by Gasteiger charge is 2.43. The Morgan fingerprint density at radius 3 is 0.941 bits per heavy atom. The standard InChI is InChI=1S/C76H82O9/c1-59(50-77)73(82-54-64-36-18-6-19-37-64)60(2)71(80-52-62-32-14-4-15-33-62)57-78-49-48-70(79-51-61-30-12-3-13-31-61)74(83-55-65-38-20-7-21-39-65)75(84-56-66-40-22-8-23-41-66)72(81-53-63-34-16-5-17-35-63)58-85-76(67-42-24-9-25-43-67,68-44-26-10-27-45-68)69-46-28-11-29-47-69/h3-47,59-60,70-75,77H,48-58H2,1-2H3/t59-,60-,70+,71-,72+,73-,74+,75+/m1/s1. The Hall–Kier alpha value is -7.38. The number of aliphatic hydroxyl groups is 1. The van der Waals surface area contributed by atoms with Crippen molar-refractivity contribution >= 4 is 0 Å². The first-order valence-corrected chi connectivity index (χ1v) is 29.9. The molecule has 1 N–H and O–H groups in total. The summed E-state index contributed by atoms with van der Waals surface area (Å²) in [6, 6.07) is 92.4. The van der Waals surface area contributed by atoms with Crippen LogP contribution in [0.5, 0.6) is 0 Å². The molecule has 0 spiro atoms. The third kappa shape index (κ3) is 18.6. The lowest BCUT2D eigenvalue weighted by Gasteiger charge is -2.41. The lowest BCUT2D eigenvalue weighted by Crippen LogP contribution is -2.52.